The Balaban J connectivity index is 1.43. The Morgan fingerprint density at radius 2 is 1.91 bits per heavy atom. The third kappa shape index (κ3) is 5.55. The van der Waals surface area contributed by atoms with Crippen LogP contribution in [0.1, 0.15) is 61.5 Å². The summed E-state index contributed by atoms with van der Waals surface area (Å²) in [4.78, 5) is 33.2. The summed E-state index contributed by atoms with van der Waals surface area (Å²) >= 11 is 3.11. The van der Waals surface area contributed by atoms with Gasteiger partial charge < -0.3 is 5.32 Å². The van der Waals surface area contributed by atoms with Crippen molar-refractivity contribution < 1.29 is 9.59 Å². The SMILES string of the molecule is CC(=O)NC(C)c1ccc(-c2csc(NC(=O)c3cccnc3SC3CCCC3)n2)cc1. The van der Waals surface area contributed by atoms with Crippen LogP contribution in [0.2, 0.25) is 0 Å². The maximum Gasteiger partial charge on any atom is 0.260 e. The molecule has 1 unspecified atom stereocenters. The number of thiazole rings is 1. The molecule has 6 nitrogen and oxygen atoms in total. The summed E-state index contributed by atoms with van der Waals surface area (Å²) in [6.45, 7) is 3.46. The van der Waals surface area contributed by atoms with Crippen molar-refractivity contribution in [2.75, 3.05) is 5.32 Å². The Kier molecular flexibility index (Phi) is 7.22. The molecule has 2 amide bonds. The van der Waals surface area contributed by atoms with Crippen molar-refractivity contribution in [3.63, 3.8) is 0 Å². The van der Waals surface area contributed by atoms with Crippen molar-refractivity contribution in [1.29, 1.82) is 0 Å². The van der Waals surface area contributed by atoms with E-state index in [0.717, 1.165) is 21.8 Å². The molecule has 3 aromatic rings. The molecule has 0 radical (unpaired) electrons. The van der Waals surface area contributed by atoms with Gasteiger partial charge in [0.2, 0.25) is 5.91 Å². The van der Waals surface area contributed by atoms with Crippen LogP contribution in [0, 0.1) is 0 Å². The maximum absolute atomic E-state index is 12.9. The van der Waals surface area contributed by atoms with Crippen LogP contribution in [-0.2, 0) is 4.79 Å². The molecule has 1 aliphatic rings. The number of thioether (sulfide) groups is 1. The van der Waals surface area contributed by atoms with E-state index in [4.69, 9.17) is 0 Å². The highest BCUT2D eigenvalue weighted by molar-refractivity contribution is 7.99. The van der Waals surface area contributed by atoms with Crippen molar-refractivity contribution >= 4 is 40.0 Å². The highest BCUT2D eigenvalue weighted by Crippen LogP contribution is 2.35. The molecule has 8 heteroatoms. The van der Waals surface area contributed by atoms with Gasteiger partial charge in [-0.1, -0.05) is 37.1 Å². The Morgan fingerprint density at radius 3 is 2.62 bits per heavy atom. The van der Waals surface area contributed by atoms with Gasteiger partial charge in [-0.2, -0.15) is 0 Å². The first-order chi connectivity index (χ1) is 15.5. The van der Waals surface area contributed by atoms with Crippen molar-refractivity contribution in [3.8, 4) is 11.3 Å². The van der Waals surface area contributed by atoms with Crippen LogP contribution in [0.3, 0.4) is 0 Å². The van der Waals surface area contributed by atoms with Crippen LogP contribution in [0.4, 0.5) is 5.13 Å². The molecule has 1 fully saturated rings. The number of hydrogen-bond donors (Lipinski definition) is 2. The summed E-state index contributed by atoms with van der Waals surface area (Å²) in [5.41, 5.74) is 3.38. The van der Waals surface area contributed by atoms with Crippen molar-refractivity contribution in [1.82, 2.24) is 15.3 Å². The van der Waals surface area contributed by atoms with Crippen molar-refractivity contribution in [3.05, 3.63) is 59.1 Å². The van der Waals surface area contributed by atoms with Gasteiger partial charge in [0.15, 0.2) is 5.13 Å². The van der Waals surface area contributed by atoms with Crippen LogP contribution in [-0.4, -0.2) is 27.0 Å². The summed E-state index contributed by atoms with van der Waals surface area (Å²) in [5.74, 6) is -0.237. The topological polar surface area (TPSA) is 84.0 Å². The lowest BCUT2D eigenvalue weighted by Gasteiger charge is -2.13. The van der Waals surface area contributed by atoms with E-state index in [0.29, 0.717) is 15.9 Å². The molecular formula is C24H26N4O2S2. The molecule has 2 aromatic heterocycles. The van der Waals surface area contributed by atoms with E-state index in [2.05, 4.69) is 20.6 Å². The van der Waals surface area contributed by atoms with E-state index in [1.807, 2.05) is 42.6 Å². The normalized spacial score (nSPS) is 14.8. The number of carbonyl (C=O) groups is 2. The van der Waals surface area contributed by atoms with Gasteiger partial charge in [-0.3, -0.25) is 14.9 Å². The first kappa shape index (κ1) is 22.5. The number of benzene rings is 1. The average Bonchev–Trinajstić information content (AvgIpc) is 3.46. The number of aromatic nitrogens is 2. The lowest BCUT2D eigenvalue weighted by atomic mass is 10.1. The molecule has 0 bridgehead atoms. The molecular weight excluding hydrogens is 440 g/mol. The zero-order valence-corrected chi connectivity index (χ0v) is 19.8. The van der Waals surface area contributed by atoms with Gasteiger partial charge in [-0.05, 0) is 37.5 Å². The van der Waals surface area contributed by atoms with E-state index in [9.17, 15) is 9.59 Å². The Morgan fingerprint density at radius 1 is 1.16 bits per heavy atom. The molecule has 32 heavy (non-hydrogen) atoms. The fourth-order valence-electron chi connectivity index (χ4n) is 3.78. The molecule has 4 rings (SSSR count). The standard InChI is InChI=1S/C24H26N4O2S2/c1-15(26-16(2)29)17-9-11-18(12-10-17)21-14-31-24(27-21)28-22(30)20-8-5-13-25-23(20)32-19-6-3-4-7-19/h5,8-15,19H,3-4,6-7H2,1-2H3,(H,26,29)(H,27,28,30). The number of rotatable bonds is 7. The van der Waals surface area contributed by atoms with Crippen LogP contribution in [0.25, 0.3) is 11.3 Å². The van der Waals surface area contributed by atoms with Crippen molar-refractivity contribution in [2.45, 2.75) is 55.8 Å². The summed E-state index contributed by atoms with van der Waals surface area (Å²) in [7, 11) is 0. The average molecular weight is 467 g/mol. The fraction of sp³-hybridized carbons (Fsp3) is 0.333. The van der Waals surface area contributed by atoms with E-state index < -0.39 is 0 Å². The largest absolute Gasteiger partial charge is 0.350 e. The molecule has 166 valence electrons. The highest BCUT2D eigenvalue weighted by atomic mass is 32.2. The summed E-state index contributed by atoms with van der Waals surface area (Å²) < 4.78 is 0. The van der Waals surface area contributed by atoms with Gasteiger partial charge in [-0.15, -0.1) is 23.1 Å². The van der Waals surface area contributed by atoms with Gasteiger partial charge in [0, 0.05) is 29.3 Å². The molecule has 2 N–H and O–H groups in total. The minimum atomic E-state index is -0.182. The minimum Gasteiger partial charge on any atom is -0.350 e. The lowest BCUT2D eigenvalue weighted by Crippen LogP contribution is -2.23. The molecule has 2 heterocycles. The number of nitrogens with zero attached hydrogens (tertiary/aromatic N) is 2. The Labute approximate surface area is 196 Å². The Bertz CT molecular complexity index is 1090. The molecule has 0 saturated heterocycles. The minimum absolute atomic E-state index is 0.0531. The number of amides is 2. The van der Waals surface area contributed by atoms with E-state index in [-0.39, 0.29) is 17.9 Å². The van der Waals surface area contributed by atoms with Crippen LogP contribution >= 0.6 is 23.1 Å². The number of pyridine rings is 1. The summed E-state index contributed by atoms with van der Waals surface area (Å²) in [6, 6.07) is 11.5. The smallest absolute Gasteiger partial charge is 0.260 e. The Hall–Kier alpha value is -2.71. The van der Waals surface area contributed by atoms with Crippen LogP contribution in [0.5, 0.6) is 0 Å². The van der Waals surface area contributed by atoms with Gasteiger partial charge in [0.1, 0.15) is 5.03 Å². The molecule has 1 aliphatic carbocycles. The number of carbonyl (C=O) groups excluding carboxylic acids is 2. The lowest BCUT2D eigenvalue weighted by molar-refractivity contribution is -0.119. The molecule has 1 aromatic carbocycles. The number of nitrogens with one attached hydrogen (secondary N) is 2. The van der Waals surface area contributed by atoms with Gasteiger partial charge >= 0.3 is 0 Å². The van der Waals surface area contributed by atoms with Gasteiger partial charge in [-0.25, -0.2) is 9.97 Å². The summed E-state index contributed by atoms with van der Waals surface area (Å²) in [5, 5.41) is 9.63. The zero-order chi connectivity index (χ0) is 22.5. The van der Waals surface area contributed by atoms with Gasteiger partial charge in [0.05, 0.1) is 17.3 Å². The van der Waals surface area contributed by atoms with Gasteiger partial charge in [0.25, 0.3) is 5.91 Å². The van der Waals surface area contributed by atoms with E-state index in [1.165, 1.54) is 43.9 Å². The zero-order valence-electron chi connectivity index (χ0n) is 18.1. The van der Waals surface area contributed by atoms with Crippen molar-refractivity contribution in [2.24, 2.45) is 0 Å². The van der Waals surface area contributed by atoms with Crippen LogP contribution < -0.4 is 10.6 Å². The van der Waals surface area contributed by atoms with E-state index >= 15 is 0 Å². The number of anilines is 1. The second kappa shape index (κ2) is 10.3. The molecule has 1 atom stereocenters. The van der Waals surface area contributed by atoms with Crippen LogP contribution in [0.15, 0.2) is 53.0 Å². The monoisotopic (exact) mass is 466 g/mol. The maximum atomic E-state index is 12.9. The molecule has 0 spiro atoms. The summed E-state index contributed by atoms with van der Waals surface area (Å²) in [6.07, 6.45) is 6.61. The third-order valence-corrected chi connectivity index (χ3v) is 7.56. The predicted molar refractivity (Wildman–Crippen MR) is 130 cm³/mol. The quantitative estimate of drug-likeness (QED) is 0.467. The third-order valence-electron chi connectivity index (χ3n) is 5.45. The predicted octanol–water partition coefficient (Wildman–Crippen LogP) is 5.69. The second-order valence-electron chi connectivity index (χ2n) is 7.92. The van der Waals surface area contributed by atoms with E-state index in [1.54, 1.807) is 24.0 Å². The first-order valence-electron chi connectivity index (χ1n) is 10.8. The highest BCUT2D eigenvalue weighted by Gasteiger charge is 2.21. The molecule has 1 saturated carbocycles. The second-order valence-corrected chi connectivity index (χ2v) is 10.1. The number of hydrogen-bond acceptors (Lipinski definition) is 6. The fourth-order valence-corrected chi connectivity index (χ4v) is 5.79. The first-order valence-corrected chi connectivity index (χ1v) is 12.5. The molecule has 0 aliphatic heterocycles.